The third kappa shape index (κ3) is 18.3. The van der Waals surface area contributed by atoms with Gasteiger partial charge in [-0.25, -0.2) is 4.79 Å². The van der Waals surface area contributed by atoms with Crippen LogP contribution in [-0.2, 0) is 75.2 Å². The zero-order valence-electron chi connectivity index (χ0n) is 52.9. The molecular weight excluding hydrogens is 1110 g/mol. The molecule has 86 heavy (non-hydrogen) atoms. The molecule has 0 aromatic heterocycles. The number of hydrogen-bond acceptors (Lipinski definition) is 15. The fraction of sp³-hybridized carbons (Fsp3) is 0.656. The summed E-state index contributed by atoms with van der Waals surface area (Å²) in [5.74, 6) is -9.89. The van der Waals surface area contributed by atoms with Crippen molar-refractivity contribution in [3.63, 3.8) is 0 Å². The molecule has 3 aliphatic heterocycles. The number of cyclic esters (lactones) is 2. The summed E-state index contributed by atoms with van der Waals surface area (Å²) >= 11 is 0. The van der Waals surface area contributed by atoms with E-state index in [4.69, 9.17) is 18.9 Å². The Bertz CT molecular complexity index is 2670. The second-order valence-electron chi connectivity index (χ2n) is 24.7. The van der Waals surface area contributed by atoms with Crippen LogP contribution in [0.4, 0.5) is 0 Å². The van der Waals surface area contributed by atoms with Crippen LogP contribution in [0.3, 0.4) is 0 Å². The van der Waals surface area contributed by atoms with E-state index in [0.29, 0.717) is 37.0 Å². The molecule has 7 amide bonds. The summed E-state index contributed by atoms with van der Waals surface area (Å²) in [6.07, 6.45) is -4.40. The molecule has 0 aliphatic carbocycles. The Hall–Kier alpha value is -6.94. The Morgan fingerprint density at radius 1 is 0.814 bits per heavy atom. The maximum absolute atomic E-state index is 15.2. The van der Waals surface area contributed by atoms with Crippen LogP contribution in [0.1, 0.15) is 139 Å². The van der Waals surface area contributed by atoms with Gasteiger partial charge in [-0.2, -0.15) is 0 Å². The normalized spacial score (nSPS) is 26.3. The van der Waals surface area contributed by atoms with Crippen LogP contribution in [0.15, 0.2) is 54.6 Å². The SMILES string of the molecule is CC[C@H](C)[C@H]1NC(=O)[C@@H](NC(=O)[C@@H](CC(C)C)N(C)C(=O)[C@@H]2CCCN2C(=O)[C@H](C)OCc2ccccc2)[C@@H](C)OC(=O)[C@H](Cc2ccc(OC)cc2)N(C)C(=O)[C@@H]2CCCN2C(=O)[C@H](CC(C)C)NC(=O)[C@@H](C)C(=O)[C@H](C(C)C)OC(=O)C[C@@H]1O. The Balaban J connectivity index is 1.58. The second-order valence-corrected chi connectivity index (χ2v) is 24.7. The lowest BCUT2D eigenvalue weighted by molar-refractivity contribution is -0.163. The summed E-state index contributed by atoms with van der Waals surface area (Å²) in [5, 5.41) is 20.3. The number of ketones is 1. The minimum absolute atomic E-state index is 0.0861. The molecule has 3 heterocycles. The first-order valence-corrected chi connectivity index (χ1v) is 30.6. The lowest BCUT2D eigenvalue weighted by Crippen LogP contribution is -2.62. The van der Waals surface area contributed by atoms with Crippen LogP contribution in [0.2, 0.25) is 0 Å². The van der Waals surface area contributed by atoms with Crippen LogP contribution >= 0.6 is 0 Å². The third-order valence-electron chi connectivity index (χ3n) is 16.8. The Labute approximate surface area is 507 Å². The Kier molecular flexibility index (Phi) is 26.1. The van der Waals surface area contributed by atoms with E-state index in [-0.39, 0.29) is 57.2 Å². The van der Waals surface area contributed by atoms with Gasteiger partial charge in [-0.1, -0.05) is 104 Å². The van der Waals surface area contributed by atoms with Crippen molar-refractivity contribution in [1.82, 2.24) is 35.6 Å². The number of hydrogen-bond donors (Lipinski definition) is 4. The molecule has 4 N–H and O–H groups in total. The number of aliphatic hydroxyl groups excluding tert-OH is 1. The van der Waals surface area contributed by atoms with Crippen molar-refractivity contribution in [2.75, 3.05) is 34.3 Å². The molecule has 0 spiro atoms. The number of benzene rings is 2. The number of esters is 2. The smallest absolute Gasteiger partial charge is 0.329 e. The number of nitrogens with one attached hydrogen (secondary N) is 3. The number of fused-ring (bicyclic) bond motifs is 1. The van der Waals surface area contributed by atoms with Crippen LogP contribution in [0, 0.1) is 29.6 Å². The molecule has 5 rings (SSSR count). The van der Waals surface area contributed by atoms with Crippen molar-refractivity contribution < 1.29 is 72.0 Å². The van der Waals surface area contributed by atoms with Gasteiger partial charge in [0, 0.05) is 33.6 Å². The van der Waals surface area contributed by atoms with Gasteiger partial charge >= 0.3 is 11.9 Å². The number of ether oxygens (including phenoxy) is 4. The maximum atomic E-state index is 15.2. The number of methoxy groups -OCH3 is 1. The second kappa shape index (κ2) is 32.2. The maximum Gasteiger partial charge on any atom is 0.329 e. The van der Waals surface area contributed by atoms with Crippen molar-refractivity contribution in [1.29, 1.82) is 0 Å². The number of carbonyl (C=O) groups excluding carboxylic acids is 10. The number of likely N-dealkylation sites (tertiary alicyclic amines) is 1. The highest BCUT2D eigenvalue weighted by Crippen LogP contribution is 2.28. The molecule has 2 aromatic rings. The minimum Gasteiger partial charge on any atom is -0.497 e. The number of aliphatic hydroxyl groups is 1. The molecule has 22 nitrogen and oxygen atoms in total. The summed E-state index contributed by atoms with van der Waals surface area (Å²) in [7, 11) is 4.36. The van der Waals surface area contributed by atoms with Gasteiger partial charge in [0.05, 0.1) is 38.2 Å². The molecule has 3 aliphatic rings. The highest BCUT2D eigenvalue weighted by Gasteiger charge is 2.46. The molecule has 0 unspecified atom stereocenters. The topological polar surface area (TPSA) is 277 Å². The van der Waals surface area contributed by atoms with Gasteiger partial charge in [0.2, 0.25) is 35.4 Å². The molecular formula is C64H95N7O15. The lowest BCUT2D eigenvalue weighted by atomic mass is 9.91. The Morgan fingerprint density at radius 2 is 1.47 bits per heavy atom. The van der Waals surface area contributed by atoms with Gasteiger partial charge in [0.25, 0.3) is 5.91 Å². The standard InChI is InChI=1S/C64H95N7O15/c1-15-39(8)53-51(72)34-52(73)86-56(38(6)7)55(74)40(9)57(75)65-46(31-36(2)3)61(79)71-30-20-24-48(71)63(81)69(13)50(33-43-25-27-45(83-14)28-26-43)64(82)85-41(10)54(59(77)66-53)67-58(76)49(32-37(4)5)68(12)62(80)47-23-19-29-70(47)60(78)42(11)84-35-44-21-17-16-18-22-44/h16-18,21-22,25-28,36-42,46-51,53-54,56,72H,15,19-20,23-24,29-35H2,1-14H3,(H,65,75)(H,66,77)(H,67,76)/t39-,40-,41+,42-,46-,47-,48-,49+,50-,51-,53+,54-,56-/m0/s1. The van der Waals surface area contributed by atoms with E-state index in [1.54, 1.807) is 58.9 Å². The number of nitrogens with zero attached hydrogens (tertiary/aromatic N) is 4. The highest BCUT2D eigenvalue weighted by atomic mass is 16.6. The average Bonchev–Trinajstić information content (AvgIpc) is 2.79. The lowest BCUT2D eigenvalue weighted by Gasteiger charge is -2.36. The van der Waals surface area contributed by atoms with E-state index in [9.17, 15) is 38.7 Å². The van der Waals surface area contributed by atoms with Crippen LogP contribution in [0.5, 0.6) is 5.75 Å². The molecule has 0 saturated carbocycles. The summed E-state index contributed by atoms with van der Waals surface area (Å²) < 4.78 is 23.3. The number of rotatable bonds is 18. The van der Waals surface area contributed by atoms with Gasteiger partial charge in [-0.05, 0) is 106 Å². The van der Waals surface area contributed by atoms with Crippen molar-refractivity contribution in [2.24, 2.45) is 29.6 Å². The molecule has 3 fully saturated rings. The first kappa shape index (κ1) is 69.8. The zero-order valence-corrected chi connectivity index (χ0v) is 52.9. The monoisotopic (exact) mass is 1200 g/mol. The third-order valence-corrected chi connectivity index (χ3v) is 16.8. The fourth-order valence-corrected chi connectivity index (χ4v) is 11.4. The van der Waals surface area contributed by atoms with Gasteiger partial charge < -0.3 is 59.6 Å². The van der Waals surface area contributed by atoms with Gasteiger partial charge in [-0.15, -0.1) is 0 Å². The van der Waals surface area contributed by atoms with E-state index in [2.05, 4.69) is 16.0 Å². The van der Waals surface area contributed by atoms with Gasteiger partial charge in [0.1, 0.15) is 54.2 Å². The minimum atomic E-state index is -1.76. The molecule has 476 valence electrons. The number of likely N-dealkylation sites (N-methyl/N-ethyl adjacent to an activating group) is 2. The molecule has 0 radical (unpaired) electrons. The van der Waals surface area contributed by atoms with E-state index in [0.717, 1.165) is 5.56 Å². The molecule has 2 aromatic carbocycles. The zero-order chi connectivity index (χ0) is 63.9. The van der Waals surface area contributed by atoms with E-state index < -0.39 is 150 Å². The molecule has 0 bridgehead atoms. The largest absolute Gasteiger partial charge is 0.497 e. The number of carbonyl (C=O) groups is 10. The van der Waals surface area contributed by atoms with Crippen molar-refractivity contribution in [3.8, 4) is 5.75 Å². The van der Waals surface area contributed by atoms with Crippen molar-refractivity contribution in [2.45, 2.75) is 207 Å². The average molecular weight is 1200 g/mol. The van der Waals surface area contributed by atoms with Gasteiger partial charge in [0.15, 0.2) is 11.9 Å². The summed E-state index contributed by atoms with van der Waals surface area (Å²) in [5.41, 5.74) is 1.44. The fourth-order valence-electron chi connectivity index (χ4n) is 11.4. The van der Waals surface area contributed by atoms with E-state index in [1.807, 2.05) is 58.0 Å². The first-order valence-electron chi connectivity index (χ1n) is 30.6. The summed E-state index contributed by atoms with van der Waals surface area (Å²) in [4.78, 5) is 151. The van der Waals surface area contributed by atoms with Crippen LogP contribution in [0.25, 0.3) is 0 Å². The van der Waals surface area contributed by atoms with Crippen molar-refractivity contribution in [3.05, 3.63) is 65.7 Å². The van der Waals surface area contributed by atoms with E-state index in [1.165, 1.54) is 54.7 Å². The van der Waals surface area contributed by atoms with E-state index >= 15 is 14.4 Å². The number of amides is 7. The molecule has 22 heteroatoms. The van der Waals surface area contributed by atoms with Crippen LogP contribution < -0.4 is 20.7 Å². The summed E-state index contributed by atoms with van der Waals surface area (Å²) in [6, 6.07) is 7.26. The molecule has 13 atom stereocenters. The predicted molar refractivity (Wildman–Crippen MR) is 319 cm³/mol. The van der Waals surface area contributed by atoms with Gasteiger partial charge in [-0.3, -0.25) is 43.2 Å². The first-order chi connectivity index (χ1) is 40.6. The Morgan fingerprint density at radius 3 is 2.07 bits per heavy atom. The predicted octanol–water partition coefficient (Wildman–Crippen LogP) is 4.54. The molecule has 3 saturated heterocycles. The quantitative estimate of drug-likeness (QED) is 0.118. The van der Waals surface area contributed by atoms with Crippen LogP contribution in [-0.4, -0.2) is 185 Å². The van der Waals surface area contributed by atoms with Crippen molar-refractivity contribution >= 4 is 59.1 Å². The summed E-state index contributed by atoms with van der Waals surface area (Å²) in [6.45, 7) is 19.1. The number of Topliss-reactive ketones (excluding diaryl/α,β-unsaturated/α-hetero) is 1. The highest BCUT2D eigenvalue weighted by molar-refractivity contribution is 6.05.